The topological polar surface area (TPSA) is 143 Å². The first kappa shape index (κ1) is 38.5. The molecule has 0 saturated carbocycles. The number of carbonyl (C=O) groups excluding carboxylic acids is 5. The lowest BCUT2D eigenvalue weighted by atomic mass is 10.1. The molecule has 0 bridgehead atoms. The maximum absolute atomic E-state index is 14.7. The van der Waals surface area contributed by atoms with Crippen LogP contribution in [0, 0.1) is 12.7 Å². The largest absolute Gasteiger partial charge is 0.465 e. The average Bonchev–Trinajstić information content (AvgIpc) is 3.48. The van der Waals surface area contributed by atoms with Gasteiger partial charge in [-0.05, 0) is 80.1 Å². The Morgan fingerprint density at radius 2 is 1.49 bits per heavy atom. The number of hydrogen-bond donors (Lipinski definition) is 4. The number of thiophene rings is 1. The fourth-order valence-electron chi connectivity index (χ4n) is 4.93. The third kappa shape index (κ3) is 9.77. The monoisotopic (exact) mass is 770 g/mol. The minimum Gasteiger partial charge on any atom is -0.465 e. The van der Waals surface area contributed by atoms with Crippen LogP contribution < -0.4 is 21.3 Å². The van der Waals surface area contributed by atoms with Gasteiger partial charge in [0, 0.05) is 27.4 Å². The smallest absolute Gasteiger partial charge is 0.341 e. The number of thioether (sulfide) groups is 1. The number of esters is 1. The van der Waals surface area contributed by atoms with Crippen molar-refractivity contribution in [1.29, 1.82) is 0 Å². The second-order valence-corrected chi connectivity index (χ2v) is 14.2. The molecule has 4 N–H and O–H groups in total. The van der Waals surface area contributed by atoms with E-state index in [0.29, 0.717) is 21.8 Å². The Bertz CT molecular complexity index is 2190. The highest BCUT2D eigenvalue weighted by Gasteiger charge is 2.28. The van der Waals surface area contributed by atoms with E-state index in [-0.39, 0.29) is 37.3 Å². The van der Waals surface area contributed by atoms with Crippen LogP contribution in [0.4, 0.5) is 20.8 Å². The lowest BCUT2D eigenvalue weighted by Gasteiger charge is -2.14. The normalized spacial score (nSPS) is 11.6. The van der Waals surface area contributed by atoms with Crippen molar-refractivity contribution in [3.8, 4) is 0 Å². The number of ether oxygens (including phenoxy) is 1. The molecule has 0 aliphatic carbocycles. The molecule has 4 amide bonds. The van der Waals surface area contributed by atoms with Gasteiger partial charge in [0.25, 0.3) is 17.7 Å². The molecular weight excluding hydrogens is 739 g/mol. The lowest BCUT2D eigenvalue weighted by Crippen LogP contribution is -2.30. The molecule has 270 valence electrons. The highest BCUT2D eigenvalue weighted by atomic mass is 35.5. The van der Waals surface area contributed by atoms with Gasteiger partial charge in [-0.2, -0.15) is 0 Å². The number of amides is 4. The third-order valence-electron chi connectivity index (χ3n) is 7.60. The molecule has 1 heterocycles. The van der Waals surface area contributed by atoms with Gasteiger partial charge in [0.15, 0.2) is 0 Å². The summed E-state index contributed by atoms with van der Waals surface area (Å²) in [7, 11) is 1.21. The Labute approximate surface area is 317 Å². The van der Waals surface area contributed by atoms with E-state index in [1.165, 1.54) is 37.1 Å². The van der Waals surface area contributed by atoms with Crippen LogP contribution in [0.25, 0.3) is 6.08 Å². The molecule has 14 heteroatoms. The fraction of sp³-hybridized carbons (Fsp3) is 0.103. The molecule has 1 atom stereocenters. The average molecular weight is 771 g/mol. The van der Waals surface area contributed by atoms with Crippen LogP contribution in [0.15, 0.2) is 114 Å². The summed E-state index contributed by atoms with van der Waals surface area (Å²) in [5.41, 5.74) is 1.25. The summed E-state index contributed by atoms with van der Waals surface area (Å²) >= 11 is 8.34. The van der Waals surface area contributed by atoms with E-state index in [0.717, 1.165) is 17.4 Å². The Morgan fingerprint density at radius 1 is 0.830 bits per heavy atom. The van der Waals surface area contributed by atoms with Crippen LogP contribution >= 0.6 is 34.7 Å². The van der Waals surface area contributed by atoms with Crippen molar-refractivity contribution >= 4 is 86.7 Å². The number of halogens is 2. The van der Waals surface area contributed by atoms with E-state index in [1.54, 1.807) is 92.7 Å². The lowest BCUT2D eigenvalue weighted by molar-refractivity contribution is -0.115. The predicted molar refractivity (Wildman–Crippen MR) is 207 cm³/mol. The van der Waals surface area contributed by atoms with E-state index in [9.17, 15) is 28.4 Å². The van der Waals surface area contributed by atoms with E-state index in [2.05, 4.69) is 21.3 Å². The SMILES string of the molecule is COC(=O)c1c(NC(=O)C(C)Sc2cccc(NC(=O)/C(=C\c3c(F)cccc3Cl)NC(=O)c3ccccc3)c2)sc(C(=O)Nc2ccccc2)c1C. The van der Waals surface area contributed by atoms with Crippen molar-refractivity contribution in [3.05, 3.63) is 147 Å². The van der Waals surface area contributed by atoms with Gasteiger partial charge in [-0.15, -0.1) is 23.1 Å². The zero-order valence-electron chi connectivity index (χ0n) is 28.5. The van der Waals surface area contributed by atoms with Crippen LogP contribution in [0.3, 0.4) is 0 Å². The minimum atomic E-state index is -0.753. The van der Waals surface area contributed by atoms with Gasteiger partial charge >= 0.3 is 5.97 Å². The summed E-state index contributed by atoms with van der Waals surface area (Å²) < 4.78 is 19.7. The summed E-state index contributed by atoms with van der Waals surface area (Å²) in [5, 5.41) is 10.3. The molecule has 0 radical (unpaired) electrons. The number of anilines is 3. The Hall–Kier alpha value is -5.76. The molecule has 53 heavy (non-hydrogen) atoms. The van der Waals surface area contributed by atoms with Crippen molar-refractivity contribution in [2.24, 2.45) is 0 Å². The van der Waals surface area contributed by atoms with Gasteiger partial charge in [0.05, 0.1) is 27.8 Å². The van der Waals surface area contributed by atoms with Crippen molar-refractivity contribution in [1.82, 2.24) is 5.32 Å². The molecule has 1 aromatic heterocycles. The van der Waals surface area contributed by atoms with Crippen molar-refractivity contribution < 1.29 is 33.1 Å². The molecule has 5 aromatic rings. The third-order valence-corrected chi connectivity index (χ3v) is 10.2. The highest BCUT2D eigenvalue weighted by Crippen LogP contribution is 2.35. The number of methoxy groups -OCH3 is 1. The number of nitrogens with one attached hydrogen (secondary N) is 4. The minimum absolute atomic E-state index is 0.0398. The van der Waals surface area contributed by atoms with E-state index in [4.69, 9.17) is 16.3 Å². The number of benzene rings is 4. The number of carbonyl (C=O) groups is 5. The van der Waals surface area contributed by atoms with Crippen LogP contribution in [0.1, 0.15) is 48.4 Å². The molecule has 0 aliphatic rings. The van der Waals surface area contributed by atoms with Crippen molar-refractivity contribution in [2.45, 2.75) is 24.0 Å². The molecular formula is C39H32ClFN4O6S2. The quantitative estimate of drug-likeness (QED) is 0.0567. The van der Waals surface area contributed by atoms with Gasteiger partial charge in [-0.1, -0.05) is 60.1 Å². The van der Waals surface area contributed by atoms with Crippen molar-refractivity contribution in [2.75, 3.05) is 23.1 Å². The molecule has 0 fully saturated rings. The highest BCUT2D eigenvalue weighted by molar-refractivity contribution is 8.00. The van der Waals surface area contributed by atoms with E-state index >= 15 is 0 Å². The molecule has 5 rings (SSSR count). The maximum atomic E-state index is 14.7. The summed E-state index contributed by atoms with van der Waals surface area (Å²) in [5.74, 6) is -3.64. The number of hydrogen-bond acceptors (Lipinski definition) is 8. The molecule has 0 saturated heterocycles. The van der Waals surface area contributed by atoms with Crippen LogP contribution in [-0.2, 0) is 14.3 Å². The summed E-state index contributed by atoms with van der Waals surface area (Å²) in [6.45, 7) is 3.26. The van der Waals surface area contributed by atoms with Gasteiger partial charge in [0.1, 0.15) is 16.5 Å². The van der Waals surface area contributed by atoms with Gasteiger partial charge in [0.2, 0.25) is 5.91 Å². The van der Waals surface area contributed by atoms with Crippen LogP contribution in [0.5, 0.6) is 0 Å². The Kier molecular flexibility index (Phi) is 12.8. The Balaban J connectivity index is 1.31. The number of para-hydroxylation sites is 1. The molecule has 10 nitrogen and oxygen atoms in total. The van der Waals surface area contributed by atoms with Gasteiger partial charge < -0.3 is 26.0 Å². The first-order valence-corrected chi connectivity index (χ1v) is 18.0. The first-order chi connectivity index (χ1) is 25.4. The summed E-state index contributed by atoms with van der Waals surface area (Å²) in [4.78, 5) is 66.7. The van der Waals surface area contributed by atoms with E-state index < -0.39 is 40.7 Å². The summed E-state index contributed by atoms with van der Waals surface area (Å²) in [6.07, 6.45) is 1.16. The standard InChI is InChI=1S/C39H32ClFN4O6S2/c1-22-32(39(50)51-3)38(53-33(22)37(49)42-25-14-8-5-9-15-25)45-34(46)23(2)52-27-17-10-16-26(20-27)43-36(48)31(21-28-29(40)18-11-19-30(28)41)44-35(47)24-12-6-4-7-13-24/h4-21,23H,1-3H3,(H,42,49)(H,43,48)(H,44,47)(H,45,46)/b31-21+. The fourth-order valence-corrected chi connectivity index (χ4v) is 7.16. The zero-order chi connectivity index (χ0) is 38.1. The number of rotatable bonds is 12. The van der Waals surface area contributed by atoms with Gasteiger partial charge in [-0.3, -0.25) is 19.2 Å². The predicted octanol–water partition coefficient (Wildman–Crippen LogP) is 8.42. The van der Waals surface area contributed by atoms with E-state index in [1.807, 2.05) is 6.07 Å². The van der Waals surface area contributed by atoms with Gasteiger partial charge in [-0.25, -0.2) is 9.18 Å². The van der Waals surface area contributed by atoms with Crippen LogP contribution in [0.2, 0.25) is 5.02 Å². The molecule has 4 aromatic carbocycles. The van der Waals surface area contributed by atoms with Crippen molar-refractivity contribution in [3.63, 3.8) is 0 Å². The second-order valence-electron chi connectivity index (χ2n) is 11.3. The summed E-state index contributed by atoms with van der Waals surface area (Å²) in [6, 6.07) is 27.7. The maximum Gasteiger partial charge on any atom is 0.341 e. The first-order valence-electron chi connectivity index (χ1n) is 15.9. The zero-order valence-corrected chi connectivity index (χ0v) is 30.9. The second kappa shape index (κ2) is 17.6. The molecule has 0 aliphatic heterocycles. The molecule has 0 spiro atoms. The Morgan fingerprint density at radius 3 is 2.17 bits per heavy atom. The molecule has 1 unspecified atom stereocenters. The van der Waals surface area contributed by atoms with Crippen LogP contribution in [-0.4, -0.2) is 42.0 Å².